The summed E-state index contributed by atoms with van der Waals surface area (Å²) in [4.78, 5) is 5.70. The zero-order valence-electron chi connectivity index (χ0n) is 10.8. The highest BCUT2D eigenvalue weighted by Gasteiger charge is 2.13. The summed E-state index contributed by atoms with van der Waals surface area (Å²) in [6, 6.07) is 9.27. The van der Waals surface area contributed by atoms with Gasteiger partial charge in [0.25, 0.3) is 0 Å². The molecule has 1 aromatic heterocycles. The van der Waals surface area contributed by atoms with E-state index < -0.39 is 0 Å². The molecule has 2 nitrogen and oxygen atoms in total. The number of hydrogen-bond donors (Lipinski definition) is 1. The molecule has 18 heavy (non-hydrogen) atoms. The summed E-state index contributed by atoms with van der Waals surface area (Å²) in [7, 11) is 0. The molecule has 0 amide bonds. The van der Waals surface area contributed by atoms with Crippen LogP contribution in [0.4, 0.5) is 0 Å². The van der Waals surface area contributed by atoms with Crippen molar-refractivity contribution >= 4 is 33.9 Å². The molecule has 0 bridgehead atoms. The normalized spacial score (nSPS) is 14.4. The maximum absolute atomic E-state index is 4.43. The van der Waals surface area contributed by atoms with Crippen LogP contribution in [0.15, 0.2) is 30.5 Å². The van der Waals surface area contributed by atoms with Crippen molar-refractivity contribution in [3.63, 3.8) is 0 Å². The van der Waals surface area contributed by atoms with Crippen LogP contribution in [0.2, 0.25) is 0 Å². The van der Waals surface area contributed by atoms with Crippen LogP contribution in [-0.2, 0) is 0 Å². The number of aryl methyl sites for hydroxylation is 1. The molecule has 2 atom stereocenters. The summed E-state index contributed by atoms with van der Waals surface area (Å²) in [6.45, 7) is 6.46. The number of nitrogens with one attached hydrogen (secondary N) is 1. The van der Waals surface area contributed by atoms with Gasteiger partial charge in [0, 0.05) is 20.7 Å². The molecule has 0 aliphatic rings. The van der Waals surface area contributed by atoms with Crippen molar-refractivity contribution in [1.82, 2.24) is 10.3 Å². The molecule has 1 N–H and O–H groups in total. The molecule has 0 aliphatic carbocycles. The second-order valence-corrected chi connectivity index (χ2v) is 6.98. The Bertz CT molecular complexity index is 507. The van der Waals surface area contributed by atoms with Crippen LogP contribution in [0, 0.1) is 10.5 Å². The third-order valence-corrected chi connectivity index (χ3v) is 4.69. The van der Waals surface area contributed by atoms with Crippen LogP contribution in [0.1, 0.15) is 41.4 Å². The third kappa shape index (κ3) is 3.52. The standard InChI is InChI=1S/C14H17IN2S/c1-9-8-16-14(18-9)11(3)17-10(2)12-4-6-13(15)7-5-12/h4-8,10-11,17H,1-3H3. The fourth-order valence-corrected chi connectivity index (χ4v) is 3.01. The van der Waals surface area contributed by atoms with Crippen molar-refractivity contribution in [2.24, 2.45) is 0 Å². The topological polar surface area (TPSA) is 24.9 Å². The lowest BCUT2D eigenvalue weighted by Crippen LogP contribution is -2.22. The third-order valence-electron chi connectivity index (χ3n) is 2.88. The minimum atomic E-state index is 0.290. The van der Waals surface area contributed by atoms with Gasteiger partial charge in [-0.05, 0) is 61.1 Å². The highest BCUT2D eigenvalue weighted by molar-refractivity contribution is 14.1. The second-order valence-electron chi connectivity index (χ2n) is 4.47. The average molecular weight is 372 g/mol. The van der Waals surface area contributed by atoms with Gasteiger partial charge in [0.2, 0.25) is 0 Å². The molecule has 2 aromatic rings. The molecule has 1 aromatic carbocycles. The van der Waals surface area contributed by atoms with E-state index in [1.807, 2.05) is 6.20 Å². The van der Waals surface area contributed by atoms with Gasteiger partial charge in [0.05, 0.1) is 6.04 Å². The van der Waals surface area contributed by atoms with Crippen LogP contribution in [0.5, 0.6) is 0 Å². The number of nitrogens with zero attached hydrogens (tertiary/aromatic N) is 1. The lowest BCUT2D eigenvalue weighted by molar-refractivity contribution is 0.493. The summed E-state index contributed by atoms with van der Waals surface area (Å²) in [5.41, 5.74) is 1.32. The van der Waals surface area contributed by atoms with Crippen molar-refractivity contribution in [2.75, 3.05) is 0 Å². The quantitative estimate of drug-likeness (QED) is 0.802. The minimum Gasteiger partial charge on any atom is -0.302 e. The van der Waals surface area contributed by atoms with Crippen molar-refractivity contribution in [2.45, 2.75) is 32.9 Å². The molecule has 1 heterocycles. The molecular weight excluding hydrogens is 355 g/mol. The van der Waals surface area contributed by atoms with Gasteiger partial charge in [-0.15, -0.1) is 11.3 Å². The van der Waals surface area contributed by atoms with E-state index in [-0.39, 0.29) is 6.04 Å². The molecule has 0 saturated heterocycles. The minimum absolute atomic E-state index is 0.290. The largest absolute Gasteiger partial charge is 0.302 e. The van der Waals surface area contributed by atoms with E-state index in [1.54, 1.807) is 11.3 Å². The first kappa shape index (κ1) is 14.0. The molecule has 0 saturated carbocycles. The highest BCUT2D eigenvalue weighted by atomic mass is 127. The molecule has 2 rings (SSSR count). The van der Waals surface area contributed by atoms with E-state index in [9.17, 15) is 0 Å². The number of benzene rings is 1. The molecule has 96 valence electrons. The van der Waals surface area contributed by atoms with Gasteiger partial charge in [-0.1, -0.05) is 12.1 Å². The van der Waals surface area contributed by atoms with Gasteiger partial charge >= 0.3 is 0 Å². The van der Waals surface area contributed by atoms with E-state index >= 15 is 0 Å². The molecule has 0 aliphatic heterocycles. The zero-order chi connectivity index (χ0) is 13.1. The van der Waals surface area contributed by atoms with Crippen molar-refractivity contribution in [3.8, 4) is 0 Å². The van der Waals surface area contributed by atoms with E-state index in [0.717, 1.165) is 5.01 Å². The Balaban J connectivity index is 2.02. The maximum Gasteiger partial charge on any atom is 0.109 e. The highest BCUT2D eigenvalue weighted by Crippen LogP contribution is 2.23. The number of thiazole rings is 1. The first-order valence-corrected chi connectivity index (χ1v) is 7.89. The number of rotatable bonds is 4. The Labute approximate surface area is 126 Å². The lowest BCUT2D eigenvalue weighted by atomic mass is 10.1. The van der Waals surface area contributed by atoms with E-state index in [1.165, 1.54) is 14.0 Å². The van der Waals surface area contributed by atoms with E-state index in [4.69, 9.17) is 0 Å². The summed E-state index contributed by atoms with van der Waals surface area (Å²) in [5.74, 6) is 0. The van der Waals surface area contributed by atoms with Crippen molar-refractivity contribution < 1.29 is 0 Å². The van der Waals surface area contributed by atoms with Crippen molar-refractivity contribution in [1.29, 1.82) is 0 Å². The number of hydrogen-bond acceptors (Lipinski definition) is 3. The zero-order valence-corrected chi connectivity index (χ0v) is 13.7. The summed E-state index contributed by atoms with van der Waals surface area (Å²) < 4.78 is 1.27. The number of halogens is 1. The fourth-order valence-electron chi connectivity index (χ4n) is 1.87. The van der Waals surface area contributed by atoms with E-state index in [0.29, 0.717) is 6.04 Å². The van der Waals surface area contributed by atoms with Crippen LogP contribution < -0.4 is 5.32 Å². The van der Waals surface area contributed by atoms with Gasteiger partial charge < -0.3 is 5.32 Å². The lowest BCUT2D eigenvalue weighted by Gasteiger charge is -2.18. The smallest absolute Gasteiger partial charge is 0.109 e. The van der Waals surface area contributed by atoms with Gasteiger partial charge in [-0.2, -0.15) is 0 Å². The monoisotopic (exact) mass is 372 g/mol. The Morgan fingerprint density at radius 1 is 1.17 bits per heavy atom. The van der Waals surface area contributed by atoms with Crippen LogP contribution in [-0.4, -0.2) is 4.98 Å². The van der Waals surface area contributed by atoms with Crippen LogP contribution >= 0.6 is 33.9 Å². The van der Waals surface area contributed by atoms with E-state index in [2.05, 4.69) is 77.9 Å². The first-order valence-electron chi connectivity index (χ1n) is 6.00. The Hall–Kier alpha value is -0.460. The molecule has 0 spiro atoms. The predicted molar refractivity (Wildman–Crippen MR) is 86.0 cm³/mol. The molecule has 0 fully saturated rings. The number of aromatic nitrogens is 1. The second kappa shape index (κ2) is 6.12. The SMILES string of the molecule is Cc1cnc(C(C)NC(C)c2ccc(I)cc2)s1. The Kier molecular flexibility index (Phi) is 4.75. The van der Waals surface area contributed by atoms with Gasteiger partial charge in [-0.25, -0.2) is 4.98 Å². The molecule has 2 unspecified atom stereocenters. The van der Waals surface area contributed by atoms with Gasteiger partial charge in [-0.3, -0.25) is 0 Å². The fraction of sp³-hybridized carbons (Fsp3) is 0.357. The van der Waals surface area contributed by atoms with Gasteiger partial charge in [0.1, 0.15) is 5.01 Å². The summed E-state index contributed by atoms with van der Waals surface area (Å²) in [5, 5.41) is 4.75. The Morgan fingerprint density at radius 2 is 1.83 bits per heavy atom. The summed E-state index contributed by atoms with van der Waals surface area (Å²) in [6.07, 6.45) is 1.94. The van der Waals surface area contributed by atoms with Crippen molar-refractivity contribution in [3.05, 3.63) is 49.5 Å². The van der Waals surface area contributed by atoms with Gasteiger partial charge in [0.15, 0.2) is 0 Å². The maximum atomic E-state index is 4.43. The van der Waals surface area contributed by atoms with Crippen LogP contribution in [0.25, 0.3) is 0 Å². The molecular formula is C14H17IN2S. The molecule has 0 radical (unpaired) electrons. The summed E-state index contributed by atoms with van der Waals surface area (Å²) >= 11 is 4.09. The predicted octanol–water partition coefficient (Wildman–Crippen LogP) is 4.47. The van der Waals surface area contributed by atoms with Crippen LogP contribution in [0.3, 0.4) is 0 Å². The first-order chi connectivity index (χ1) is 8.56. The molecule has 4 heteroatoms. The Morgan fingerprint density at radius 3 is 2.39 bits per heavy atom. The average Bonchev–Trinajstić information content (AvgIpc) is 2.76.